The van der Waals surface area contributed by atoms with E-state index in [1.165, 1.54) is 0 Å². The van der Waals surface area contributed by atoms with Crippen molar-refractivity contribution in [1.29, 1.82) is 0 Å². The van der Waals surface area contributed by atoms with Gasteiger partial charge in [0.25, 0.3) is 0 Å². The van der Waals surface area contributed by atoms with Gasteiger partial charge < -0.3 is 15.2 Å². The molecule has 0 aliphatic heterocycles. The Morgan fingerprint density at radius 2 is 1.85 bits per heavy atom. The zero-order valence-electron chi connectivity index (χ0n) is 12.5. The van der Waals surface area contributed by atoms with Crippen molar-refractivity contribution in [2.24, 2.45) is 11.7 Å². The van der Waals surface area contributed by atoms with Crippen LogP contribution in [-0.2, 0) is 0 Å². The van der Waals surface area contributed by atoms with Gasteiger partial charge in [0.1, 0.15) is 0 Å². The molecular formula is C15H22N4O. The summed E-state index contributed by atoms with van der Waals surface area (Å²) in [7, 11) is 4.01. The summed E-state index contributed by atoms with van der Waals surface area (Å²) < 4.78 is 5.26. The first-order chi connectivity index (χ1) is 9.47. The van der Waals surface area contributed by atoms with E-state index in [1.807, 2.05) is 43.3 Å². The third-order valence-electron chi connectivity index (χ3n) is 3.13. The molecule has 0 aliphatic rings. The molecule has 108 valence electrons. The highest BCUT2D eigenvalue weighted by molar-refractivity contribution is 5.59. The number of nitrogens with two attached hydrogens (primary N) is 1. The van der Waals surface area contributed by atoms with Crippen LogP contribution in [0.5, 0.6) is 0 Å². The van der Waals surface area contributed by atoms with Gasteiger partial charge in [0.05, 0.1) is 6.04 Å². The lowest BCUT2D eigenvalue weighted by Crippen LogP contribution is -2.13. The average molecular weight is 274 g/mol. The van der Waals surface area contributed by atoms with Gasteiger partial charge in [-0.25, -0.2) is 0 Å². The Kier molecular flexibility index (Phi) is 4.39. The molecule has 1 aromatic heterocycles. The van der Waals surface area contributed by atoms with Crippen LogP contribution in [0.2, 0.25) is 0 Å². The lowest BCUT2D eigenvalue weighted by atomic mass is 10.0. The maximum absolute atomic E-state index is 6.05. The minimum absolute atomic E-state index is 0.197. The van der Waals surface area contributed by atoms with Crippen LogP contribution >= 0.6 is 0 Å². The standard InChI is InChI=1S/C15H22N4O/c1-10(2)9-13(16)15-17-14(18-20-15)11-5-7-12(8-6-11)19(3)4/h5-8,10,13H,9,16H2,1-4H3. The van der Waals surface area contributed by atoms with Gasteiger partial charge in [-0.15, -0.1) is 0 Å². The minimum Gasteiger partial charge on any atom is -0.378 e. The highest BCUT2D eigenvalue weighted by Gasteiger charge is 2.16. The number of hydrogen-bond acceptors (Lipinski definition) is 5. The molecule has 2 rings (SSSR count). The second-order valence-electron chi connectivity index (χ2n) is 5.63. The second kappa shape index (κ2) is 6.05. The van der Waals surface area contributed by atoms with Gasteiger partial charge in [0.15, 0.2) is 0 Å². The van der Waals surface area contributed by atoms with Gasteiger partial charge in [-0.05, 0) is 36.6 Å². The van der Waals surface area contributed by atoms with Gasteiger partial charge in [0.2, 0.25) is 11.7 Å². The Balaban J connectivity index is 2.16. The number of nitrogens with zero attached hydrogens (tertiary/aromatic N) is 3. The number of benzene rings is 1. The first kappa shape index (κ1) is 14.5. The molecule has 1 unspecified atom stereocenters. The number of anilines is 1. The van der Waals surface area contributed by atoms with Crippen molar-refractivity contribution < 1.29 is 4.52 Å². The minimum atomic E-state index is -0.197. The first-order valence-corrected chi connectivity index (χ1v) is 6.84. The summed E-state index contributed by atoms with van der Waals surface area (Å²) in [6.07, 6.45) is 0.835. The highest BCUT2D eigenvalue weighted by Crippen LogP contribution is 2.23. The molecule has 2 aromatic rings. The third kappa shape index (κ3) is 3.36. The van der Waals surface area contributed by atoms with Crippen molar-refractivity contribution in [2.75, 3.05) is 19.0 Å². The summed E-state index contributed by atoms with van der Waals surface area (Å²) in [5.41, 5.74) is 8.11. The van der Waals surface area contributed by atoms with Crippen LogP contribution in [-0.4, -0.2) is 24.2 Å². The summed E-state index contributed by atoms with van der Waals surface area (Å²) >= 11 is 0. The fourth-order valence-electron chi connectivity index (χ4n) is 2.02. The second-order valence-corrected chi connectivity index (χ2v) is 5.63. The Bertz CT molecular complexity index is 545. The summed E-state index contributed by atoms with van der Waals surface area (Å²) in [6, 6.07) is 7.83. The summed E-state index contributed by atoms with van der Waals surface area (Å²) in [6.45, 7) is 4.24. The lowest BCUT2D eigenvalue weighted by molar-refractivity contribution is 0.335. The number of aromatic nitrogens is 2. The zero-order chi connectivity index (χ0) is 14.7. The molecule has 0 fully saturated rings. The number of hydrogen-bond donors (Lipinski definition) is 1. The van der Waals surface area contributed by atoms with E-state index in [1.54, 1.807) is 0 Å². The highest BCUT2D eigenvalue weighted by atomic mass is 16.5. The van der Waals surface area contributed by atoms with E-state index in [0.717, 1.165) is 17.7 Å². The van der Waals surface area contributed by atoms with E-state index in [-0.39, 0.29) is 6.04 Å². The molecule has 0 bridgehead atoms. The average Bonchev–Trinajstić information content (AvgIpc) is 2.87. The van der Waals surface area contributed by atoms with E-state index in [0.29, 0.717) is 17.6 Å². The van der Waals surface area contributed by atoms with Gasteiger partial charge in [-0.3, -0.25) is 0 Å². The zero-order valence-corrected chi connectivity index (χ0v) is 12.5. The van der Waals surface area contributed by atoms with Crippen LogP contribution < -0.4 is 10.6 Å². The van der Waals surface area contributed by atoms with Gasteiger partial charge in [-0.1, -0.05) is 19.0 Å². The van der Waals surface area contributed by atoms with Crippen molar-refractivity contribution >= 4 is 5.69 Å². The largest absolute Gasteiger partial charge is 0.378 e. The summed E-state index contributed by atoms with van der Waals surface area (Å²) in [4.78, 5) is 6.44. The molecule has 20 heavy (non-hydrogen) atoms. The topological polar surface area (TPSA) is 68.2 Å². The molecule has 5 heteroatoms. The molecule has 0 aliphatic carbocycles. The van der Waals surface area contributed by atoms with Crippen LogP contribution in [0.15, 0.2) is 28.8 Å². The van der Waals surface area contributed by atoms with Gasteiger partial charge in [0, 0.05) is 25.3 Å². The molecule has 1 aromatic carbocycles. The van der Waals surface area contributed by atoms with Crippen LogP contribution in [0.25, 0.3) is 11.4 Å². The maximum Gasteiger partial charge on any atom is 0.243 e. The van der Waals surface area contributed by atoms with E-state index < -0.39 is 0 Å². The van der Waals surface area contributed by atoms with Crippen molar-refractivity contribution in [1.82, 2.24) is 10.1 Å². The van der Waals surface area contributed by atoms with Crippen LogP contribution in [0.3, 0.4) is 0 Å². The fourth-order valence-corrected chi connectivity index (χ4v) is 2.02. The molecule has 0 radical (unpaired) electrons. The van der Waals surface area contributed by atoms with Crippen molar-refractivity contribution in [3.8, 4) is 11.4 Å². The molecule has 1 atom stereocenters. The maximum atomic E-state index is 6.05. The van der Waals surface area contributed by atoms with E-state index in [4.69, 9.17) is 10.3 Å². The van der Waals surface area contributed by atoms with Crippen LogP contribution in [0.1, 0.15) is 32.2 Å². The Morgan fingerprint density at radius 1 is 1.20 bits per heavy atom. The van der Waals surface area contributed by atoms with Crippen molar-refractivity contribution in [3.05, 3.63) is 30.2 Å². The van der Waals surface area contributed by atoms with Crippen molar-refractivity contribution in [2.45, 2.75) is 26.3 Å². The van der Waals surface area contributed by atoms with E-state index in [2.05, 4.69) is 24.0 Å². The molecule has 1 heterocycles. The first-order valence-electron chi connectivity index (χ1n) is 6.84. The molecule has 2 N–H and O–H groups in total. The molecule has 5 nitrogen and oxygen atoms in total. The number of rotatable bonds is 5. The normalized spacial score (nSPS) is 12.7. The Hall–Kier alpha value is -1.88. The van der Waals surface area contributed by atoms with Gasteiger partial charge >= 0.3 is 0 Å². The molecule has 0 saturated carbocycles. The predicted molar refractivity (Wildman–Crippen MR) is 80.4 cm³/mol. The summed E-state index contributed by atoms with van der Waals surface area (Å²) in [5, 5.41) is 4.01. The van der Waals surface area contributed by atoms with Gasteiger partial charge in [-0.2, -0.15) is 4.98 Å². The smallest absolute Gasteiger partial charge is 0.243 e. The summed E-state index contributed by atoms with van der Waals surface area (Å²) in [5.74, 6) is 1.59. The monoisotopic (exact) mass is 274 g/mol. The fraction of sp³-hybridized carbons (Fsp3) is 0.467. The third-order valence-corrected chi connectivity index (χ3v) is 3.13. The Morgan fingerprint density at radius 3 is 2.40 bits per heavy atom. The van der Waals surface area contributed by atoms with Crippen molar-refractivity contribution in [3.63, 3.8) is 0 Å². The van der Waals surface area contributed by atoms with Crippen LogP contribution in [0.4, 0.5) is 5.69 Å². The molecule has 0 amide bonds. The lowest BCUT2D eigenvalue weighted by Gasteiger charge is -2.11. The van der Waals surface area contributed by atoms with E-state index >= 15 is 0 Å². The molecule has 0 saturated heterocycles. The SMILES string of the molecule is CC(C)CC(N)c1nc(-c2ccc(N(C)C)cc2)no1. The molecule has 0 spiro atoms. The van der Waals surface area contributed by atoms with Crippen LogP contribution in [0, 0.1) is 5.92 Å². The van der Waals surface area contributed by atoms with E-state index in [9.17, 15) is 0 Å². The quantitative estimate of drug-likeness (QED) is 0.908. The molecular weight excluding hydrogens is 252 g/mol. The Labute approximate surface area is 119 Å². The predicted octanol–water partition coefficient (Wildman–Crippen LogP) is 2.85.